The summed E-state index contributed by atoms with van der Waals surface area (Å²) in [5.74, 6) is 1.67. The predicted molar refractivity (Wildman–Crippen MR) is 89.9 cm³/mol. The lowest BCUT2D eigenvalue weighted by molar-refractivity contribution is -0.00465. The van der Waals surface area contributed by atoms with Crippen LogP contribution in [0.2, 0.25) is 0 Å². The minimum absolute atomic E-state index is 0.284. The summed E-state index contributed by atoms with van der Waals surface area (Å²) in [6.07, 6.45) is 9.22. The number of hydrogen-bond donors (Lipinski definition) is 1. The van der Waals surface area contributed by atoms with E-state index in [2.05, 4.69) is 39.5 Å². The van der Waals surface area contributed by atoms with Gasteiger partial charge in [0.1, 0.15) is 0 Å². The van der Waals surface area contributed by atoms with Gasteiger partial charge in [-0.2, -0.15) is 0 Å². The molecule has 120 valence electrons. The Bertz CT molecular complexity index is 250. The molecule has 1 fully saturated rings. The highest BCUT2D eigenvalue weighted by atomic mass is 15.2. The van der Waals surface area contributed by atoms with Crippen molar-refractivity contribution in [1.82, 2.24) is 4.90 Å². The molecule has 1 rings (SSSR count). The summed E-state index contributed by atoms with van der Waals surface area (Å²) in [5, 5.41) is 0. The number of nitrogens with two attached hydrogens (primary N) is 1. The van der Waals surface area contributed by atoms with Crippen molar-refractivity contribution in [3.63, 3.8) is 0 Å². The normalized spacial score (nSPS) is 27.8. The molecule has 0 saturated heterocycles. The summed E-state index contributed by atoms with van der Waals surface area (Å²) < 4.78 is 0. The van der Waals surface area contributed by atoms with Crippen molar-refractivity contribution in [2.45, 2.75) is 91.1 Å². The van der Waals surface area contributed by atoms with E-state index in [0.717, 1.165) is 18.4 Å². The first-order valence-electron chi connectivity index (χ1n) is 8.99. The van der Waals surface area contributed by atoms with Gasteiger partial charge in [0, 0.05) is 24.7 Å². The van der Waals surface area contributed by atoms with Crippen LogP contribution in [-0.4, -0.2) is 29.6 Å². The van der Waals surface area contributed by atoms with E-state index in [0.29, 0.717) is 6.04 Å². The summed E-state index contributed by atoms with van der Waals surface area (Å²) in [4.78, 5) is 2.81. The molecule has 0 aromatic rings. The topological polar surface area (TPSA) is 29.3 Å². The molecule has 20 heavy (non-hydrogen) atoms. The minimum Gasteiger partial charge on any atom is -0.329 e. The molecule has 0 atom stereocenters. The van der Waals surface area contributed by atoms with Crippen LogP contribution in [0.25, 0.3) is 0 Å². The van der Waals surface area contributed by atoms with Crippen LogP contribution < -0.4 is 5.73 Å². The molecule has 0 aliphatic heterocycles. The fourth-order valence-corrected chi connectivity index (χ4v) is 4.08. The second kappa shape index (κ2) is 8.38. The summed E-state index contributed by atoms with van der Waals surface area (Å²) >= 11 is 0. The lowest BCUT2D eigenvalue weighted by atomic mass is 9.73. The fourth-order valence-electron chi connectivity index (χ4n) is 4.08. The minimum atomic E-state index is 0.284. The molecule has 0 amide bonds. The Morgan fingerprint density at radius 1 is 1.10 bits per heavy atom. The Kier molecular flexibility index (Phi) is 7.53. The zero-order valence-electron chi connectivity index (χ0n) is 14.6. The molecule has 1 aliphatic rings. The Hall–Kier alpha value is -0.0800. The van der Waals surface area contributed by atoms with E-state index < -0.39 is 0 Å². The molecule has 0 aromatic carbocycles. The van der Waals surface area contributed by atoms with Crippen molar-refractivity contribution in [3.8, 4) is 0 Å². The Labute approximate surface area is 127 Å². The van der Waals surface area contributed by atoms with Crippen LogP contribution >= 0.6 is 0 Å². The van der Waals surface area contributed by atoms with Crippen LogP contribution in [0, 0.1) is 11.8 Å². The van der Waals surface area contributed by atoms with Gasteiger partial charge in [-0.05, 0) is 50.4 Å². The molecule has 0 unspecified atom stereocenters. The molecule has 1 saturated carbocycles. The zero-order valence-corrected chi connectivity index (χ0v) is 14.6. The third kappa shape index (κ3) is 4.21. The lowest BCUT2D eigenvalue weighted by Gasteiger charge is -2.51. The maximum Gasteiger partial charge on any atom is 0.0334 e. The van der Waals surface area contributed by atoms with Gasteiger partial charge < -0.3 is 5.73 Å². The van der Waals surface area contributed by atoms with E-state index in [1.807, 2.05) is 0 Å². The molecule has 2 N–H and O–H groups in total. The lowest BCUT2D eigenvalue weighted by Crippen LogP contribution is -2.60. The number of nitrogens with zero attached hydrogens (tertiary/aromatic N) is 1. The summed E-state index contributed by atoms with van der Waals surface area (Å²) in [5.41, 5.74) is 6.59. The van der Waals surface area contributed by atoms with Gasteiger partial charge in [0.15, 0.2) is 0 Å². The van der Waals surface area contributed by atoms with Gasteiger partial charge >= 0.3 is 0 Å². The third-order valence-electron chi connectivity index (χ3n) is 5.55. The molecule has 2 nitrogen and oxygen atoms in total. The first-order chi connectivity index (χ1) is 9.52. The molecular formula is C18H38N2. The fraction of sp³-hybridized carbons (Fsp3) is 1.00. The molecule has 0 bridgehead atoms. The molecular weight excluding hydrogens is 244 g/mol. The zero-order chi connectivity index (χ0) is 15.2. The van der Waals surface area contributed by atoms with Crippen molar-refractivity contribution in [3.05, 3.63) is 0 Å². The van der Waals surface area contributed by atoms with Crippen molar-refractivity contribution in [1.29, 1.82) is 0 Å². The first-order valence-corrected chi connectivity index (χ1v) is 8.99. The molecule has 1 aliphatic carbocycles. The number of rotatable bonds is 8. The Balaban J connectivity index is 2.89. The smallest absolute Gasteiger partial charge is 0.0334 e. The number of hydrogen-bond acceptors (Lipinski definition) is 2. The average Bonchev–Trinajstić information content (AvgIpc) is 2.47. The third-order valence-corrected chi connectivity index (χ3v) is 5.55. The highest BCUT2D eigenvalue weighted by Gasteiger charge is 2.41. The van der Waals surface area contributed by atoms with E-state index in [9.17, 15) is 0 Å². The van der Waals surface area contributed by atoms with Crippen LogP contribution in [-0.2, 0) is 0 Å². The van der Waals surface area contributed by atoms with E-state index in [4.69, 9.17) is 5.73 Å². The molecule has 2 heteroatoms. The van der Waals surface area contributed by atoms with Gasteiger partial charge in [0.05, 0.1) is 0 Å². The second-order valence-corrected chi connectivity index (χ2v) is 7.30. The maximum absolute atomic E-state index is 6.31. The molecule has 0 spiro atoms. The summed E-state index contributed by atoms with van der Waals surface area (Å²) in [7, 11) is 0. The average molecular weight is 283 g/mol. The van der Waals surface area contributed by atoms with Crippen LogP contribution in [0.15, 0.2) is 0 Å². The van der Waals surface area contributed by atoms with Crippen molar-refractivity contribution in [2.75, 3.05) is 13.1 Å². The summed E-state index contributed by atoms with van der Waals surface area (Å²) in [6, 6.07) is 0.708. The van der Waals surface area contributed by atoms with Crippen molar-refractivity contribution >= 4 is 0 Å². The van der Waals surface area contributed by atoms with Gasteiger partial charge in [-0.1, -0.05) is 41.0 Å². The van der Waals surface area contributed by atoms with Crippen molar-refractivity contribution < 1.29 is 0 Å². The van der Waals surface area contributed by atoms with Crippen LogP contribution in [0.3, 0.4) is 0 Å². The summed E-state index contributed by atoms with van der Waals surface area (Å²) in [6.45, 7) is 13.8. The highest BCUT2D eigenvalue weighted by Crippen LogP contribution is 2.39. The van der Waals surface area contributed by atoms with Crippen LogP contribution in [0.1, 0.15) is 79.6 Å². The largest absolute Gasteiger partial charge is 0.329 e. The standard InChI is InChI=1S/C18H38N2/c1-6-16-9-11-18(14-19,12-10-16)20(13-15(4)5)17(7-2)8-3/h15-17H,6-14,19H2,1-5H3. The van der Waals surface area contributed by atoms with Crippen LogP contribution in [0.5, 0.6) is 0 Å². The maximum atomic E-state index is 6.31. The van der Waals surface area contributed by atoms with E-state index in [-0.39, 0.29) is 5.54 Å². The van der Waals surface area contributed by atoms with E-state index in [1.54, 1.807) is 0 Å². The van der Waals surface area contributed by atoms with E-state index >= 15 is 0 Å². The highest BCUT2D eigenvalue weighted by molar-refractivity contribution is 4.98. The predicted octanol–water partition coefficient (Wildman–Crippen LogP) is 4.43. The van der Waals surface area contributed by atoms with Gasteiger partial charge in [0.25, 0.3) is 0 Å². The molecule has 0 heterocycles. The molecule has 0 aromatic heterocycles. The quantitative estimate of drug-likeness (QED) is 0.713. The monoisotopic (exact) mass is 282 g/mol. The van der Waals surface area contributed by atoms with Gasteiger partial charge in [-0.15, -0.1) is 0 Å². The SMILES string of the molecule is CCC1CCC(CN)(N(CC(C)C)C(CC)CC)CC1. The Morgan fingerprint density at radius 3 is 2.00 bits per heavy atom. The first kappa shape index (κ1) is 18.0. The van der Waals surface area contributed by atoms with Crippen molar-refractivity contribution in [2.24, 2.45) is 17.6 Å². The van der Waals surface area contributed by atoms with Crippen LogP contribution in [0.4, 0.5) is 0 Å². The van der Waals surface area contributed by atoms with E-state index in [1.165, 1.54) is 51.5 Å². The van der Waals surface area contributed by atoms with Gasteiger partial charge in [-0.25, -0.2) is 0 Å². The molecule has 0 radical (unpaired) electrons. The van der Waals surface area contributed by atoms with Gasteiger partial charge in [-0.3, -0.25) is 4.90 Å². The van der Waals surface area contributed by atoms with Gasteiger partial charge in [0.2, 0.25) is 0 Å². The second-order valence-electron chi connectivity index (χ2n) is 7.30. The Morgan fingerprint density at radius 2 is 1.65 bits per heavy atom.